The third kappa shape index (κ3) is 5.41. The molecule has 1 N–H and O–H groups in total. The van der Waals surface area contributed by atoms with Crippen molar-refractivity contribution < 1.29 is 14.3 Å². The SMILES string of the molecule is Cc1cccc([C@@H]2c3cc(O[C@@H](C)C(=O)Nc4ccccc4)ccc3CCN2C(=O)c2ccccc2)c1. The number of fused-ring (bicyclic) bond motifs is 1. The topological polar surface area (TPSA) is 58.6 Å². The summed E-state index contributed by atoms with van der Waals surface area (Å²) in [5, 5.41) is 2.89. The number of benzene rings is 4. The van der Waals surface area contributed by atoms with Crippen molar-refractivity contribution in [2.45, 2.75) is 32.4 Å². The first kappa shape index (κ1) is 24.3. The summed E-state index contributed by atoms with van der Waals surface area (Å²) in [6, 6.07) is 32.7. The number of carbonyl (C=O) groups is 2. The van der Waals surface area contributed by atoms with Gasteiger partial charge in [-0.2, -0.15) is 0 Å². The van der Waals surface area contributed by atoms with E-state index in [1.165, 1.54) is 5.56 Å². The normalized spacial score (nSPS) is 15.4. The molecular formula is C32H30N2O3. The lowest BCUT2D eigenvalue weighted by Gasteiger charge is -2.38. The second kappa shape index (κ2) is 10.7. The molecule has 0 spiro atoms. The van der Waals surface area contributed by atoms with Gasteiger partial charge in [0.05, 0.1) is 6.04 Å². The van der Waals surface area contributed by atoms with Crippen LogP contribution in [-0.2, 0) is 11.2 Å². The molecule has 5 nitrogen and oxygen atoms in total. The molecule has 0 unspecified atom stereocenters. The number of hydrogen-bond donors (Lipinski definition) is 1. The van der Waals surface area contributed by atoms with Gasteiger partial charge >= 0.3 is 0 Å². The molecule has 1 aliphatic heterocycles. The lowest BCUT2D eigenvalue weighted by atomic mass is 9.87. The molecular weight excluding hydrogens is 460 g/mol. The summed E-state index contributed by atoms with van der Waals surface area (Å²) in [6.45, 7) is 4.42. The highest BCUT2D eigenvalue weighted by Gasteiger charge is 2.33. The van der Waals surface area contributed by atoms with Crippen LogP contribution < -0.4 is 10.1 Å². The second-order valence-electron chi connectivity index (χ2n) is 9.41. The number of para-hydroxylation sites is 1. The van der Waals surface area contributed by atoms with E-state index in [9.17, 15) is 9.59 Å². The molecule has 0 saturated carbocycles. The molecule has 4 aromatic carbocycles. The van der Waals surface area contributed by atoms with Crippen LogP contribution in [0.15, 0.2) is 103 Å². The Balaban J connectivity index is 1.46. The molecule has 186 valence electrons. The first-order valence-electron chi connectivity index (χ1n) is 12.6. The first-order valence-corrected chi connectivity index (χ1v) is 12.6. The summed E-state index contributed by atoms with van der Waals surface area (Å²) in [5.74, 6) is 0.376. The Hall–Kier alpha value is -4.38. The zero-order valence-electron chi connectivity index (χ0n) is 21.1. The zero-order valence-corrected chi connectivity index (χ0v) is 21.1. The Kier molecular flexibility index (Phi) is 7.04. The maximum atomic E-state index is 13.6. The molecule has 0 radical (unpaired) electrons. The van der Waals surface area contributed by atoms with Gasteiger partial charge in [0.2, 0.25) is 0 Å². The Bertz CT molecular complexity index is 1400. The fraction of sp³-hybridized carbons (Fsp3) is 0.188. The van der Waals surface area contributed by atoms with E-state index in [0.29, 0.717) is 17.9 Å². The fourth-order valence-electron chi connectivity index (χ4n) is 4.85. The van der Waals surface area contributed by atoms with Gasteiger partial charge in [0.1, 0.15) is 5.75 Å². The van der Waals surface area contributed by atoms with E-state index in [4.69, 9.17) is 4.74 Å². The van der Waals surface area contributed by atoms with Crippen LogP contribution in [0.1, 0.15) is 45.6 Å². The van der Waals surface area contributed by atoms with E-state index in [1.807, 2.05) is 83.8 Å². The number of aryl methyl sites for hydroxylation is 1. The van der Waals surface area contributed by atoms with Gasteiger partial charge in [-0.05, 0) is 73.4 Å². The van der Waals surface area contributed by atoms with E-state index in [-0.39, 0.29) is 17.9 Å². The van der Waals surface area contributed by atoms with Crippen LogP contribution in [0.2, 0.25) is 0 Å². The predicted molar refractivity (Wildman–Crippen MR) is 146 cm³/mol. The number of anilines is 1. The summed E-state index contributed by atoms with van der Waals surface area (Å²) in [5.41, 5.74) is 5.78. The molecule has 2 amide bonds. The smallest absolute Gasteiger partial charge is 0.265 e. The molecule has 1 aliphatic rings. The van der Waals surface area contributed by atoms with Crippen molar-refractivity contribution in [2.75, 3.05) is 11.9 Å². The van der Waals surface area contributed by atoms with Crippen LogP contribution in [0, 0.1) is 6.92 Å². The van der Waals surface area contributed by atoms with E-state index in [0.717, 1.165) is 28.8 Å². The number of rotatable bonds is 6. The van der Waals surface area contributed by atoms with Crippen LogP contribution in [0.4, 0.5) is 5.69 Å². The summed E-state index contributed by atoms with van der Waals surface area (Å²) < 4.78 is 6.09. The highest BCUT2D eigenvalue weighted by atomic mass is 16.5. The molecule has 4 aromatic rings. The molecule has 1 heterocycles. The second-order valence-corrected chi connectivity index (χ2v) is 9.41. The summed E-state index contributed by atoms with van der Waals surface area (Å²) in [6.07, 6.45) is 0.0573. The van der Waals surface area contributed by atoms with E-state index in [1.54, 1.807) is 6.92 Å². The van der Waals surface area contributed by atoms with E-state index < -0.39 is 6.10 Å². The van der Waals surface area contributed by atoms with Crippen LogP contribution >= 0.6 is 0 Å². The van der Waals surface area contributed by atoms with Crippen LogP contribution in [0.25, 0.3) is 0 Å². The maximum absolute atomic E-state index is 13.6. The molecule has 5 heteroatoms. The van der Waals surface area contributed by atoms with E-state index >= 15 is 0 Å². The molecule has 5 rings (SSSR count). The Labute approximate surface area is 217 Å². The maximum Gasteiger partial charge on any atom is 0.265 e. The van der Waals surface area contributed by atoms with Gasteiger partial charge in [0, 0.05) is 17.8 Å². The Morgan fingerprint density at radius 2 is 1.62 bits per heavy atom. The standard InChI is InChI=1S/C32H30N2O3/c1-22-10-9-13-26(20-22)30-29-21-28(37-23(2)31(35)33-27-14-7-4-8-15-27)17-16-24(29)18-19-34(30)32(36)25-11-5-3-6-12-25/h3-17,20-21,23,30H,18-19H2,1-2H3,(H,33,35)/t23-,30+/m0/s1. The molecule has 37 heavy (non-hydrogen) atoms. The number of nitrogens with one attached hydrogen (secondary N) is 1. The predicted octanol–water partition coefficient (Wildman–Crippen LogP) is 6.19. The average Bonchev–Trinajstić information content (AvgIpc) is 2.93. The molecule has 0 saturated heterocycles. The number of ether oxygens (including phenoxy) is 1. The Morgan fingerprint density at radius 3 is 2.35 bits per heavy atom. The van der Waals surface area contributed by atoms with Gasteiger partial charge < -0.3 is 15.0 Å². The molecule has 0 bridgehead atoms. The highest BCUT2D eigenvalue weighted by molar-refractivity contribution is 5.95. The van der Waals surface area contributed by atoms with Gasteiger partial charge in [0.15, 0.2) is 6.10 Å². The van der Waals surface area contributed by atoms with Crippen LogP contribution in [0.5, 0.6) is 5.75 Å². The van der Waals surface area contributed by atoms with Gasteiger partial charge in [-0.15, -0.1) is 0 Å². The zero-order chi connectivity index (χ0) is 25.8. The largest absolute Gasteiger partial charge is 0.481 e. The molecule has 2 atom stereocenters. The lowest BCUT2D eigenvalue weighted by Crippen LogP contribution is -2.40. The van der Waals surface area contributed by atoms with Crippen molar-refractivity contribution in [3.05, 3.63) is 131 Å². The Morgan fingerprint density at radius 1 is 0.892 bits per heavy atom. The average molecular weight is 491 g/mol. The molecule has 0 aromatic heterocycles. The van der Waals surface area contributed by atoms with Crippen molar-refractivity contribution in [2.24, 2.45) is 0 Å². The van der Waals surface area contributed by atoms with Crippen LogP contribution in [0.3, 0.4) is 0 Å². The first-order chi connectivity index (χ1) is 18.0. The number of nitrogens with zero attached hydrogens (tertiary/aromatic N) is 1. The van der Waals surface area contributed by atoms with Gasteiger partial charge in [-0.3, -0.25) is 9.59 Å². The monoisotopic (exact) mass is 490 g/mol. The lowest BCUT2D eigenvalue weighted by molar-refractivity contribution is -0.122. The van der Waals surface area contributed by atoms with Gasteiger partial charge in [-0.1, -0.05) is 72.3 Å². The van der Waals surface area contributed by atoms with Crippen molar-refractivity contribution in [3.8, 4) is 5.75 Å². The van der Waals surface area contributed by atoms with Crippen molar-refractivity contribution in [1.82, 2.24) is 4.90 Å². The fourth-order valence-corrected chi connectivity index (χ4v) is 4.85. The minimum Gasteiger partial charge on any atom is -0.481 e. The molecule has 0 fully saturated rings. The number of amides is 2. The quantitative estimate of drug-likeness (QED) is 0.351. The number of carbonyl (C=O) groups excluding carboxylic acids is 2. The highest BCUT2D eigenvalue weighted by Crippen LogP contribution is 2.38. The summed E-state index contributed by atoms with van der Waals surface area (Å²) >= 11 is 0. The van der Waals surface area contributed by atoms with Gasteiger partial charge in [0.25, 0.3) is 11.8 Å². The van der Waals surface area contributed by atoms with E-state index in [2.05, 4.69) is 36.5 Å². The minimum atomic E-state index is -0.693. The third-order valence-electron chi connectivity index (χ3n) is 6.71. The third-order valence-corrected chi connectivity index (χ3v) is 6.71. The van der Waals surface area contributed by atoms with Crippen molar-refractivity contribution in [3.63, 3.8) is 0 Å². The van der Waals surface area contributed by atoms with Crippen LogP contribution in [-0.4, -0.2) is 29.4 Å². The minimum absolute atomic E-state index is 0.000292. The molecule has 0 aliphatic carbocycles. The number of hydrogen-bond acceptors (Lipinski definition) is 3. The van der Waals surface area contributed by atoms with Crippen molar-refractivity contribution in [1.29, 1.82) is 0 Å². The van der Waals surface area contributed by atoms with Gasteiger partial charge in [-0.25, -0.2) is 0 Å². The van der Waals surface area contributed by atoms with Crippen molar-refractivity contribution >= 4 is 17.5 Å². The summed E-state index contributed by atoms with van der Waals surface area (Å²) in [7, 11) is 0. The summed E-state index contributed by atoms with van der Waals surface area (Å²) in [4.78, 5) is 28.3.